The highest BCUT2D eigenvalue weighted by Crippen LogP contribution is 2.29. The van der Waals surface area contributed by atoms with Crippen molar-refractivity contribution >= 4 is 27.3 Å². The Morgan fingerprint density at radius 3 is 2.67 bits per heavy atom. The fourth-order valence-corrected chi connectivity index (χ4v) is 4.77. The van der Waals surface area contributed by atoms with Crippen LogP contribution in [0.25, 0.3) is 0 Å². The van der Waals surface area contributed by atoms with Gasteiger partial charge in [0.1, 0.15) is 0 Å². The highest BCUT2D eigenvalue weighted by Gasteiger charge is 2.27. The summed E-state index contributed by atoms with van der Waals surface area (Å²) in [5, 5.41) is 6.12. The van der Waals surface area contributed by atoms with Gasteiger partial charge in [-0.15, -0.1) is 0 Å². The van der Waals surface area contributed by atoms with Crippen molar-refractivity contribution in [1.29, 1.82) is 0 Å². The first-order valence-electron chi connectivity index (χ1n) is 9.44. The Hall–Kier alpha value is -1.90. The van der Waals surface area contributed by atoms with Crippen LogP contribution in [0.4, 0.5) is 11.4 Å². The Labute approximate surface area is 160 Å². The maximum absolute atomic E-state index is 12.9. The summed E-state index contributed by atoms with van der Waals surface area (Å²) in [6, 6.07) is 4.86. The van der Waals surface area contributed by atoms with Gasteiger partial charge in [0.15, 0.2) is 0 Å². The second-order valence-corrected chi connectivity index (χ2v) is 8.66. The van der Waals surface area contributed by atoms with Gasteiger partial charge in [-0.05, 0) is 44.4 Å². The first-order valence-corrected chi connectivity index (χ1v) is 10.9. The van der Waals surface area contributed by atoms with E-state index in [-0.39, 0.29) is 16.7 Å². The number of rotatable bonds is 6. The predicted octanol–water partition coefficient (Wildman–Crippen LogP) is 2.43. The molecular formula is C19H27N3O4S. The van der Waals surface area contributed by atoms with Crippen molar-refractivity contribution in [2.45, 2.75) is 31.1 Å². The second kappa shape index (κ2) is 8.86. The van der Waals surface area contributed by atoms with E-state index in [1.165, 1.54) is 4.31 Å². The van der Waals surface area contributed by atoms with E-state index in [2.05, 4.69) is 16.7 Å². The molecule has 0 spiro atoms. The van der Waals surface area contributed by atoms with Crippen molar-refractivity contribution in [3.8, 4) is 0 Å². The monoisotopic (exact) mass is 393 g/mol. The Bertz CT molecular complexity index is 801. The highest BCUT2D eigenvalue weighted by atomic mass is 32.2. The smallest absolute Gasteiger partial charge is 0.243 e. The molecular weight excluding hydrogens is 366 g/mol. The molecule has 3 rings (SSSR count). The van der Waals surface area contributed by atoms with Crippen molar-refractivity contribution in [3.63, 3.8) is 0 Å². The molecule has 1 saturated heterocycles. The molecule has 2 N–H and O–H groups in total. The molecule has 0 unspecified atom stereocenters. The number of allylic oxidation sites excluding steroid dienone is 2. The van der Waals surface area contributed by atoms with E-state index in [9.17, 15) is 13.2 Å². The largest absolute Gasteiger partial charge is 0.384 e. The number of nitrogens with one attached hydrogen (secondary N) is 2. The molecule has 8 heteroatoms. The molecule has 2 aliphatic rings. The van der Waals surface area contributed by atoms with Gasteiger partial charge >= 0.3 is 0 Å². The molecule has 0 bridgehead atoms. The molecule has 1 fully saturated rings. The lowest BCUT2D eigenvalue weighted by Gasteiger charge is -2.26. The van der Waals surface area contributed by atoms with Crippen LogP contribution in [-0.2, 0) is 19.6 Å². The second-order valence-electron chi connectivity index (χ2n) is 6.72. The normalized spacial score (nSPS) is 21.0. The Balaban J connectivity index is 1.85. The van der Waals surface area contributed by atoms with Gasteiger partial charge in [0.2, 0.25) is 15.9 Å². The topological polar surface area (TPSA) is 87.7 Å². The zero-order chi connectivity index (χ0) is 19.3. The zero-order valence-corrected chi connectivity index (χ0v) is 16.4. The van der Waals surface area contributed by atoms with E-state index in [1.54, 1.807) is 18.2 Å². The van der Waals surface area contributed by atoms with E-state index in [0.717, 1.165) is 18.5 Å². The van der Waals surface area contributed by atoms with Crippen molar-refractivity contribution in [2.75, 3.05) is 43.5 Å². The molecule has 0 aromatic heterocycles. The van der Waals surface area contributed by atoms with Crippen LogP contribution in [0.5, 0.6) is 0 Å². The Morgan fingerprint density at radius 2 is 2.00 bits per heavy atom. The van der Waals surface area contributed by atoms with Gasteiger partial charge < -0.3 is 15.4 Å². The quantitative estimate of drug-likeness (QED) is 0.725. The fraction of sp³-hybridized carbons (Fsp3) is 0.526. The molecule has 0 radical (unpaired) electrons. The van der Waals surface area contributed by atoms with E-state index in [4.69, 9.17) is 4.74 Å². The minimum Gasteiger partial charge on any atom is -0.384 e. The zero-order valence-electron chi connectivity index (χ0n) is 15.6. The maximum atomic E-state index is 12.9. The molecule has 1 aromatic carbocycles. The van der Waals surface area contributed by atoms with Crippen LogP contribution in [0.15, 0.2) is 35.2 Å². The molecule has 27 heavy (non-hydrogen) atoms. The van der Waals surface area contributed by atoms with Crippen LogP contribution in [0.3, 0.4) is 0 Å². The molecule has 0 saturated carbocycles. The lowest BCUT2D eigenvalue weighted by molar-refractivity contribution is -0.120. The third-order valence-corrected chi connectivity index (χ3v) is 6.76. The average Bonchev–Trinajstić information content (AvgIpc) is 2.70. The molecule has 1 aliphatic heterocycles. The molecule has 148 valence electrons. The molecule has 1 heterocycles. The van der Waals surface area contributed by atoms with Crippen LogP contribution in [0.2, 0.25) is 0 Å². The molecule has 1 aliphatic carbocycles. The number of hydrogen-bond acceptors (Lipinski definition) is 5. The summed E-state index contributed by atoms with van der Waals surface area (Å²) in [5.74, 6) is -0.150. The van der Waals surface area contributed by atoms with Crippen LogP contribution in [0, 0.1) is 5.92 Å². The summed E-state index contributed by atoms with van der Waals surface area (Å²) in [6.07, 6.45) is 6.53. The number of ether oxygens (including phenoxy) is 1. The number of morpholine rings is 1. The van der Waals surface area contributed by atoms with Gasteiger partial charge in [-0.25, -0.2) is 8.42 Å². The maximum Gasteiger partial charge on any atom is 0.243 e. The van der Waals surface area contributed by atoms with Crippen molar-refractivity contribution in [2.24, 2.45) is 5.92 Å². The van der Waals surface area contributed by atoms with Crippen LogP contribution in [0.1, 0.15) is 26.2 Å². The standard InChI is InChI=1S/C19H27N3O4S/c1-2-20-17-9-8-16(27(24,25)22-10-12-26-13-11-22)14-18(17)21-19(23)15-6-4-3-5-7-15/h3-4,8-9,14-15,20H,2,5-7,10-13H2,1H3,(H,21,23)/t15-/m0/s1. The van der Waals surface area contributed by atoms with Gasteiger partial charge in [-0.1, -0.05) is 12.2 Å². The number of carbonyl (C=O) groups excluding carboxylic acids is 1. The summed E-state index contributed by atoms with van der Waals surface area (Å²) < 4.78 is 32.5. The number of hydrogen-bond donors (Lipinski definition) is 2. The Kier molecular flexibility index (Phi) is 6.51. The summed E-state index contributed by atoms with van der Waals surface area (Å²) in [5.41, 5.74) is 1.23. The van der Waals surface area contributed by atoms with E-state index >= 15 is 0 Å². The lowest BCUT2D eigenvalue weighted by atomic mass is 9.93. The van der Waals surface area contributed by atoms with Gasteiger partial charge in [0.05, 0.1) is 29.5 Å². The van der Waals surface area contributed by atoms with E-state index in [0.29, 0.717) is 45.0 Å². The van der Waals surface area contributed by atoms with E-state index in [1.807, 2.05) is 13.0 Å². The van der Waals surface area contributed by atoms with Gasteiger partial charge in [0.25, 0.3) is 0 Å². The summed E-state index contributed by atoms with van der Waals surface area (Å²) >= 11 is 0. The number of amides is 1. The van der Waals surface area contributed by atoms with Crippen molar-refractivity contribution < 1.29 is 17.9 Å². The predicted molar refractivity (Wildman–Crippen MR) is 105 cm³/mol. The first kappa shape index (κ1) is 19.9. The van der Waals surface area contributed by atoms with Crippen molar-refractivity contribution in [3.05, 3.63) is 30.4 Å². The van der Waals surface area contributed by atoms with Crippen LogP contribution in [-0.4, -0.2) is 51.5 Å². The third-order valence-electron chi connectivity index (χ3n) is 4.86. The molecule has 7 nitrogen and oxygen atoms in total. The third kappa shape index (κ3) is 4.69. The summed E-state index contributed by atoms with van der Waals surface area (Å²) in [7, 11) is -3.61. The minimum atomic E-state index is -3.61. The number of benzene rings is 1. The van der Waals surface area contributed by atoms with E-state index < -0.39 is 10.0 Å². The van der Waals surface area contributed by atoms with Crippen LogP contribution >= 0.6 is 0 Å². The minimum absolute atomic E-state index is 0.0700. The molecule has 1 atom stereocenters. The van der Waals surface area contributed by atoms with Crippen LogP contribution < -0.4 is 10.6 Å². The summed E-state index contributed by atoms with van der Waals surface area (Å²) in [6.45, 7) is 4.10. The molecule has 1 aromatic rings. The van der Waals surface area contributed by atoms with Crippen molar-refractivity contribution in [1.82, 2.24) is 4.31 Å². The Morgan fingerprint density at radius 1 is 1.22 bits per heavy atom. The number of anilines is 2. The number of sulfonamides is 1. The van der Waals surface area contributed by atoms with Gasteiger partial charge in [-0.3, -0.25) is 4.79 Å². The van der Waals surface area contributed by atoms with Gasteiger partial charge in [-0.2, -0.15) is 4.31 Å². The van der Waals surface area contributed by atoms with Gasteiger partial charge in [0, 0.05) is 25.6 Å². The highest BCUT2D eigenvalue weighted by molar-refractivity contribution is 7.89. The number of carbonyl (C=O) groups is 1. The molecule has 1 amide bonds. The fourth-order valence-electron chi connectivity index (χ4n) is 3.33. The summed E-state index contributed by atoms with van der Waals surface area (Å²) in [4.78, 5) is 12.8. The SMILES string of the molecule is CCNc1ccc(S(=O)(=O)N2CCOCC2)cc1NC(=O)[C@H]1CC=CCC1. The first-order chi connectivity index (χ1) is 13.0. The average molecular weight is 394 g/mol. The lowest BCUT2D eigenvalue weighted by Crippen LogP contribution is -2.40. The number of nitrogens with zero attached hydrogens (tertiary/aromatic N) is 1.